The molecular formula is C23H19ClN4OS. The van der Waals surface area contributed by atoms with Gasteiger partial charge in [0.1, 0.15) is 5.82 Å². The highest BCUT2D eigenvalue weighted by molar-refractivity contribution is 7.80. The zero-order chi connectivity index (χ0) is 21.3. The molecule has 5 nitrogen and oxygen atoms in total. The molecule has 0 saturated heterocycles. The van der Waals surface area contributed by atoms with Crippen LogP contribution in [0, 0.1) is 13.8 Å². The molecule has 0 aliphatic carbocycles. The number of rotatable bonds is 3. The van der Waals surface area contributed by atoms with Gasteiger partial charge >= 0.3 is 0 Å². The number of halogens is 1. The number of benzene rings is 3. The Balaban J connectivity index is 1.50. The molecule has 0 spiro atoms. The van der Waals surface area contributed by atoms with E-state index < -0.39 is 0 Å². The van der Waals surface area contributed by atoms with Crippen molar-refractivity contribution >= 4 is 51.6 Å². The Morgan fingerprint density at radius 2 is 1.83 bits per heavy atom. The fraction of sp³-hybridized carbons (Fsp3) is 0.0870. The van der Waals surface area contributed by atoms with Crippen LogP contribution in [0.1, 0.15) is 21.5 Å². The number of thiocarbonyl (C=S) groups is 1. The molecule has 0 radical (unpaired) electrons. The molecule has 150 valence electrons. The lowest BCUT2D eigenvalue weighted by atomic mass is 10.1. The number of hydrogen-bond acceptors (Lipinski definition) is 3. The first kappa shape index (κ1) is 20.1. The third kappa shape index (κ3) is 4.35. The minimum absolute atomic E-state index is 0.227. The summed E-state index contributed by atoms with van der Waals surface area (Å²) in [5.74, 6) is 0.470. The molecule has 4 aromatic rings. The summed E-state index contributed by atoms with van der Waals surface area (Å²) in [6, 6.07) is 18.8. The largest absolute Gasteiger partial charge is 0.338 e. The number of imidazole rings is 1. The summed E-state index contributed by atoms with van der Waals surface area (Å²) >= 11 is 11.5. The normalized spacial score (nSPS) is 10.8. The molecular weight excluding hydrogens is 416 g/mol. The van der Waals surface area contributed by atoms with Crippen LogP contribution in [-0.2, 0) is 0 Å². The molecule has 0 saturated carbocycles. The van der Waals surface area contributed by atoms with E-state index in [1.807, 2.05) is 62.4 Å². The maximum Gasteiger partial charge on any atom is 0.257 e. The molecule has 1 heterocycles. The number of fused-ring (bicyclic) bond motifs is 1. The number of nitrogens with one attached hydrogen (secondary N) is 3. The monoisotopic (exact) mass is 434 g/mol. The van der Waals surface area contributed by atoms with Gasteiger partial charge in [-0.3, -0.25) is 10.1 Å². The molecule has 30 heavy (non-hydrogen) atoms. The maximum absolute atomic E-state index is 12.3. The summed E-state index contributed by atoms with van der Waals surface area (Å²) in [5.41, 5.74) is 5.99. The van der Waals surface area contributed by atoms with E-state index in [-0.39, 0.29) is 11.0 Å². The Labute approximate surface area is 184 Å². The molecule has 0 unspecified atom stereocenters. The highest BCUT2D eigenvalue weighted by Crippen LogP contribution is 2.26. The van der Waals surface area contributed by atoms with Crippen LogP contribution in [0.15, 0.2) is 60.7 Å². The van der Waals surface area contributed by atoms with Crippen LogP contribution in [0.25, 0.3) is 22.4 Å². The van der Waals surface area contributed by atoms with Gasteiger partial charge in [0.2, 0.25) is 0 Å². The van der Waals surface area contributed by atoms with Crippen LogP contribution in [-0.4, -0.2) is 21.0 Å². The number of aryl methyl sites for hydroxylation is 2. The van der Waals surface area contributed by atoms with Gasteiger partial charge in [-0.05, 0) is 68.0 Å². The molecule has 0 fully saturated rings. The van der Waals surface area contributed by atoms with E-state index in [1.54, 1.807) is 12.1 Å². The molecule has 3 N–H and O–H groups in total. The van der Waals surface area contributed by atoms with Gasteiger partial charge in [0.05, 0.1) is 11.0 Å². The van der Waals surface area contributed by atoms with E-state index in [0.29, 0.717) is 10.6 Å². The average Bonchev–Trinajstić information content (AvgIpc) is 3.11. The minimum Gasteiger partial charge on any atom is -0.338 e. The van der Waals surface area contributed by atoms with Gasteiger partial charge in [-0.1, -0.05) is 41.4 Å². The smallest absolute Gasteiger partial charge is 0.257 e. The lowest BCUT2D eigenvalue weighted by Crippen LogP contribution is -2.34. The fourth-order valence-electron chi connectivity index (χ4n) is 3.06. The number of carbonyl (C=O) groups excluding carboxylic acids is 1. The van der Waals surface area contributed by atoms with Gasteiger partial charge in [-0.2, -0.15) is 0 Å². The minimum atomic E-state index is -0.256. The van der Waals surface area contributed by atoms with E-state index in [1.165, 1.54) is 0 Å². The van der Waals surface area contributed by atoms with Crippen molar-refractivity contribution in [2.75, 3.05) is 5.32 Å². The highest BCUT2D eigenvalue weighted by atomic mass is 35.5. The molecule has 0 aliphatic rings. The SMILES string of the molecule is Cc1ccc(C(=O)NC(=S)Nc2cccc(-c3nc4cc(Cl)c(C)cc4[nH]3)c2)cc1. The maximum atomic E-state index is 12.3. The molecule has 0 atom stereocenters. The van der Waals surface area contributed by atoms with Gasteiger partial charge in [-0.15, -0.1) is 0 Å². The Bertz CT molecular complexity index is 1230. The van der Waals surface area contributed by atoms with Crippen molar-refractivity contribution in [2.24, 2.45) is 0 Å². The molecule has 4 rings (SSSR count). The number of aromatic nitrogens is 2. The summed E-state index contributed by atoms with van der Waals surface area (Å²) < 4.78 is 0. The number of H-pyrrole nitrogens is 1. The zero-order valence-corrected chi connectivity index (χ0v) is 18.0. The van der Waals surface area contributed by atoms with Gasteiger partial charge < -0.3 is 10.3 Å². The second-order valence-corrected chi connectivity index (χ2v) is 7.87. The number of amides is 1. The second kappa shape index (κ2) is 8.26. The molecule has 0 aliphatic heterocycles. The Kier molecular flexibility index (Phi) is 5.53. The number of nitrogens with zero attached hydrogens (tertiary/aromatic N) is 1. The first-order valence-corrected chi connectivity index (χ1v) is 10.1. The standard InChI is InChI=1S/C23H19ClN4OS/c1-13-6-8-15(9-7-13)22(29)28-23(30)25-17-5-3-4-16(11-17)21-26-19-10-14(2)18(24)12-20(19)27-21/h3-12H,1-2H3,(H,26,27)(H2,25,28,29,30). The predicted octanol–water partition coefficient (Wildman–Crippen LogP) is 5.63. The number of anilines is 1. The van der Waals surface area contributed by atoms with E-state index in [2.05, 4.69) is 20.6 Å². The summed E-state index contributed by atoms with van der Waals surface area (Å²) in [4.78, 5) is 20.3. The predicted molar refractivity (Wildman–Crippen MR) is 126 cm³/mol. The quantitative estimate of drug-likeness (QED) is 0.365. The number of aromatic amines is 1. The lowest BCUT2D eigenvalue weighted by Gasteiger charge is -2.10. The van der Waals surface area contributed by atoms with Crippen LogP contribution in [0.4, 0.5) is 5.69 Å². The van der Waals surface area contributed by atoms with E-state index in [9.17, 15) is 4.79 Å². The molecule has 3 aromatic carbocycles. The summed E-state index contributed by atoms with van der Waals surface area (Å²) in [7, 11) is 0. The topological polar surface area (TPSA) is 69.8 Å². The third-order valence-electron chi connectivity index (χ3n) is 4.70. The third-order valence-corrected chi connectivity index (χ3v) is 5.31. The Morgan fingerprint density at radius 1 is 1.07 bits per heavy atom. The molecule has 0 bridgehead atoms. The van der Waals surface area contributed by atoms with Gasteiger partial charge in [-0.25, -0.2) is 4.98 Å². The van der Waals surface area contributed by atoms with E-state index in [4.69, 9.17) is 23.8 Å². The van der Waals surface area contributed by atoms with E-state index >= 15 is 0 Å². The van der Waals surface area contributed by atoms with Crippen molar-refractivity contribution < 1.29 is 4.79 Å². The van der Waals surface area contributed by atoms with Crippen molar-refractivity contribution in [2.45, 2.75) is 13.8 Å². The Hall–Kier alpha value is -3.22. The lowest BCUT2D eigenvalue weighted by molar-refractivity contribution is 0.0977. The molecule has 1 amide bonds. The zero-order valence-electron chi connectivity index (χ0n) is 16.4. The fourth-order valence-corrected chi connectivity index (χ4v) is 3.43. The first-order chi connectivity index (χ1) is 14.4. The van der Waals surface area contributed by atoms with Crippen molar-refractivity contribution in [3.05, 3.63) is 82.4 Å². The second-order valence-electron chi connectivity index (χ2n) is 7.06. The number of carbonyl (C=O) groups is 1. The van der Waals surface area contributed by atoms with Gasteiger partial charge in [0, 0.05) is 21.8 Å². The van der Waals surface area contributed by atoms with Gasteiger partial charge in [0.25, 0.3) is 5.91 Å². The molecule has 1 aromatic heterocycles. The summed E-state index contributed by atoms with van der Waals surface area (Å²) in [6.45, 7) is 3.93. The number of hydrogen-bond donors (Lipinski definition) is 3. The average molecular weight is 435 g/mol. The first-order valence-electron chi connectivity index (χ1n) is 9.34. The molecule has 7 heteroatoms. The van der Waals surface area contributed by atoms with Crippen molar-refractivity contribution in [3.63, 3.8) is 0 Å². The van der Waals surface area contributed by atoms with Gasteiger partial charge in [0.15, 0.2) is 5.11 Å². The van der Waals surface area contributed by atoms with Crippen LogP contribution in [0.5, 0.6) is 0 Å². The Morgan fingerprint density at radius 3 is 2.60 bits per heavy atom. The van der Waals surface area contributed by atoms with Crippen LogP contribution >= 0.6 is 23.8 Å². The van der Waals surface area contributed by atoms with Crippen molar-refractivity contribution in [1.82, 2.24) is 15.3 Å². The highest BCUT2D eigenvalue weighted by Gasteiger charge is 2.10. The summed E-state index contributed by atoms with van der Waals surface area (Å²) in [6.07, 6.45) is 0. The van der Waals surface area contributed by atoms with Crippen LogP contribution in [0.3, 0.4) is 0 Å². The summed E-state index contributed by atoms with van der Waals surface area (Å²) in [5, 5.41) is 6.67. The van der Waals surface area contributed by atoms with E-state index in [0.717, 1.165) is 39.2 Å². The van der Waals surface area contributed by atoms with Crippen LogP contribution in [0.2, 0.25) is 5.02 Å². The van der Waals surface area contributed by atoms with Crippen molar-refractivity contribution in [1.29, 1.82) is 0 Å². The van der Waals surface area contributed by atoms with Crippen LogP contribution < -0.4 is 10.6 Å². The van der Waals surface area contributed by atoms with Crippen molar-refractivity contribution in [3.8, 4) is 11.4 Å².